The van der Waals surface area contributed by atoms with E-state index in [1.165, 1.54) is 25.8 Å². The van der Waals surface area contributed by atoms with Gasteiger partial charge in [-0.1, -0.05) is 18.6 Å². The molecule has 0 aliphatic heterocycles. The molecule has 4 heteroatoms. The van der Waals surface area contributed by atoms with Crippen LogP contribution in [-0.2, 0) is 0 Å². The second-order valence-electron chi connectivity index (χ2n) is 5.65. The Bertz CT molecular complexity index is 429. The van der Waals surface area contributed by atoms with Gasteiger partial charge in [-0.2, -0.15) is 0 Å². The standard InChI is InChI=1S/C16H24N2OS/c1-18(12-13-4-2-5-13)10-3-11-19-15-8-6-14(7-9-15)16(17)20/h6-9,13H,2-5,10-12H2,1H3,(H2,17,20). The molecule has 2 N–H and O–H groups in total. The minimum atomic E-state index is 0.425. The zero-order chi connectivity index (χ0) is 14.4. The summed E-state index contributed by atoms with van der Waals surface area (Å²) in [6, 6.07) is 7.65. The Morgan fingerprint density at radius 3 is 2.60 bits per heavy atom. The molecule has 0 atom stereocenters. The summed E-state index contributed by atoms with van der Waals surface area (Å²) < 4.78 is 5.73. The first-order valence-corrected chi connectivity index (χ1v) is 7.77. The lowest BCUT2D eigenvalue weighted by atomic mass is 9.85. The summed E-state index contributed by atoms with van der Waals surface area (Å²) in [5, 5.41) is 0. The van der Waals surface area contributed by atoms with Gasteiger partial charge in [0.1, 0.15) is 10.7 Å². The minimum absolute atomic E-state index is 0.425. The summed E-state index contributed by atoms with van der Waals surface area (Å²) in [5.74, 6) is 1.82. The highest BCUT2D eigenvalue weighted by Crippen LogP contribution is 2.26. The van der Waals surface area contributed by atoms with Crippen LogP contribution in [0.4, 0.5) is 0 Å². The molecule has 0 aromatic heterocycles. The summed E-state index contributed by atoms with van der Waals surface area (Å²) in [6.07, 6.45) is 5.30. The first-order valence-electron chi connectivity index (χ1n) is 7.36. The van der Waals surface area contributed by atoms with Crippen LogP contribution in [0.2, 0.25) is 0 Å². The van der Waals surface area contributed by atoms with Crippen LogP contribution in [-0.4, -0.2) is 36.6 Å². The third-order valence-electron chi connectivity index (χ3n) is 3.89. The van der Waals surface area contributed by atoms with Gasteiger partial charge in [-0.25, -0.2) is 0 Å². The average molecular weight is 292 g/mol. The zero-order valence-corrected chi connectivity index (χ0v) is 13.0. The Labute approximate surface area is 127 Å². The molecular formula is C16H24N2OS. The molecular weight excluding hydrogens is 268 g/mol. The number of ether oxygens (including phenoxy) is 1. The molecule has 1 saturated carbocycles. The summed E-state index contributed by atoms with van der Waals surface area (Å²) in [6.45, 7) is 3.09. The van der Waals surface area contributed by atoms with Gasteiger partial charge in [-0.15, -0.1) is 0 Å². The Balaban J connectivity index is 1.61. The van der Waals surface area contributed by atoms with Gasteiger partial charge in [-0.3, -0.25) is 0 Å². The number of nitrogens with two attached hydrogens (primary N) is 1. The maximum atomic E-state index is 5.73. The van der Waals surface area contributed by atoms with Crippen molar-refractivity contribution in [2.75, 3.05) is 26.7 Å². The topological polar surface area (TPSA) is 38.5 Å². The molecule has 110 valence electrons. The van der Waals surface area contributed by atoms with E-state index in [0.717, 1.165) is 36.8 Å². The smallest absolute Gasteiger partial charge is 0.119 e. The van der Waals surface area contributed by atoms with E-state index < -0.39 is 0 Å². The predicted molar refractivity (Wildman–Crippen MR) is 87.3 cm³/mol. The van der Waals surface area contributed by atoms with Gasteiger partial charge in [0, 0.05) is 18.7 Å². The van der Waals surface area contributed by atoms with E-state index in [1.807, 2.05) is 24.3 Å². The van der Waals surface area contributed by atoms with Gasteiger partial charge in [-0.05, 0) is 56.5 Å². The zero-order valence-electron chi connectivity index (χ0n) is 12.2. The van der Waals surface area contributed by atoms with Crippen LogP contribution in [0.5, 0.6) is 5.75 Å². The second-order valence-corrected chi connectivity index (χ2v) is 6.09. The number of benzene rings is 1. The number of hydrogen-bond donors (Lipinski definition) is 1. The average Bonchev–Trinajstić information content (AvgIpc) is 2.39. The molecule has 1 aromatic rings. The highest BCUT2D eigenvalue weighted by Gasteiger charge is 2.18. The number of rotatable bonds is 8. The van der Waals surface area contributed by atoms with Crippen molar-refractivity contribution in [2.45, 2.75) is 25.7 Å². The van der Waals surface area contributed by atoms with Crippen LogP contribution in [0.1, 0.15) is 31.2 Å². The van der Waals surface area contributed by atoms with E-state index in [9.17, 15) is 0 Å². The molecule has 3 nitrogen and oxygen atoms in total. The van der Waals surface area contributed by atoms with Crippen LogP contribution >= 0.6 is 12.2 Å². The Morgan fingerprint density at radius 1 is 1.35 bits per heavy atom. The monoisotopic (exact) mass is 292 g/mol. The van der Waals surface area contributed by atoms with Crippen LogP contribution in [0, 0.1) is 5.92 Å². The van der Waals surface area contributed by atoms with Crippen molar-refractivity contribution >= 4 is 17.2 Å². The normalized spacial score (nSPS) is 15.1. The van der Waals surface area contributed by atoms with E-state index in [0.29, 0.717) is 4.99 Å². The first-order chi connectivity index (χ1) is 9.65. The fourth-order valence-corrected chi connectivity index (χ4v) is 2.58. The lowest BCUT2D eigenvalue weighted by molar-refractivity contribution is 0.192. The van der Waals surface area contributed by atoms with E-state index in [-0.39, 0.29) is 0 Å². The molecule has 0 saturated heterocycles. The first kappa shape index (κ1) is 15.3. The molecule has 0 bridgehead atoms. The Hall–Kier alpha value is -1.13. The molecule has 0 spiro atoms. The summed E-state index contributed by atoms with van der Waals surface area (Å²) in [7, 11) is 2.20. The van der Waals surface area contributed by atoms with Crippen molar-refractivity contribution in [1.29, 1.82) is 0 Å². The highest BCUT2D eigenvalue weighted by molar-refractivity contribution is 7.80. The number of thiocarbonyl (C=S) groups is 1. The molecule has 2 rings (SSSR count). The Morgan fingerprint density at radius 2 is 2.05 bits per heavy atom. The van der Waals surface area contributed by atoms with Crippen molar-refractivity contribution in [3.05, 3.63) is 29.8 Å². The van der Waals surface area contributed by atoms with Gasteiger partial charge in [0.05, 0.1) is 6.61 Å². The van der Waals surface area contributed by atoms with E-state index in [1.54, 1.807) is 0 Å². The van der Waals surface area contributed by atoms with E-state index >= 15 is 0 Å². The third-order valence-corrected chi connectivity index (χ3v) is 4.12. The van der Waals surface area contributed by atoms with Gasteiger partial charge in [0.15, 0.2) is 0 Å². The second kappa shape index (κ2) is 7.60. The fraction of sp³-hybridized carbons (Fsp3) is 0.562. The van der Waals surface area contributed by atoms with Crippen LogP contribution in [0.25, 0.3) is 0 Å². The molecule has 0 radical (unpaired) electrons. The summed E-state index contributed by atoms with van der Waals surface area (Å²) in [4.78, 5) is 2.84. The molecule has 0 amide bonds. The quantitative estimate of drug-likeness (QED) is 0.591. The molecule has 1 fully saturated rings. The predicted octanol–water partition coefficient (Wildman–Crippen LogP) is 2.82. The van der Waals surface area contributed by atoms with Crippen LogP contribution in [0.3, 0.4) is 0 Å². The van der Waals surface area contributed by atoms with Crippen LogP contribution in [0.15, 0.2) is 24.3 Å². The maximum Gasteiger partial charge on any atom is 0.119 e. The molecule has 0 heterocycles. The van der Waals surface area contributed by atoms with E-state index in [2.05, 4.69) is 11.9 Å². The van der Waals surface area contributed by atoms with E-state index in [4.69, 9.17) is 22.7 Å². The van der Waals surface area contributed by atoms with Crippen molar-refractivity contribution in [2.24, 2.45) is 11.7 Å². The van der Waals surface area contributed by atoms with Crippen molar-refractivity contribution in [1.82, 2.24) is 4.90 Å². The lowest BCUT2D eigenvalue weighted by Gasteiger charge is -2.30. The number of nitrogens with zero attached hydrogens (tertiary/aromatic N) is 1. The highest BCUT2D eigenvalue weighted by atomic mass is 32.1. The maximum absolute atomic E-state index is 5.73. The fourth-order valence-electron chi connectivity index (χ4n) is 2.45. The minimum Gasteiger partial charge on any atom is -0.494 e. The summed E-state index contributed by atoms with van der Waals surface area (Å²) in [5.41, 5.74) is 6.44. The van der Waals surface area contributed by atoms with Crippen molar-refractivity contribution < 1.29 is 4.74 Å². The van der Waals surface area contributed by atoms with Crippen LogP contribution < -0.4 is 10.5 Å². The molecule has 20 heavy (non-hydrogen) atoms. The third kappa shape index (κ3) is 4.76. The largest absolute Gasteiger partial charge is 0.494 e. The van der Waals surface area contributed by atoms with Gasteiger partial charge in [0.2, 0.25) is 0 Å². The van der Waals surface area contributed by atoms with Gasteiger partial charge >= 0.3 is 0 Å². The lowest BCUT2D eigenvalue weighted by Crippen LogP contribution is -2.30. The molecule has 1 aliphatic rings. The van der Waals surface area contributed by atoms with Gasteiger partial charge < -0.3 is 15.4 Å². The molecule has 1 aliphatic carbocycles. The summed E-state index contributed by atoms with van der Waals surface area (Å²) >= 11 is 4.92. The number of hydrogen-bond acceptors (Lipinski definition) is 3. The Kier molecular flexibility index (Phi) is 5.80. The SMILES string of the molecule is CN(CCCOc1ccc(C(N)=S)cc1)CC1CCC1. The van der Waals surface area contributed by atoms with Gasteiger partial charge in [0.25, 0.3) is 0 Å². The van der Waals surface area contributed by atoms with Crippen molar-refractivity contribution in [3.8, 4) is 5.75 Å². The molecule has 1 aromatic carbocycles. The van der Waals surface area contributed by atoms with Crippen molar-refractivity contribution in [3.63, 3.8) is 0 Å². The molecule has 0 unspecified atom stereocenters.